The molecule has 1 aromatic carbocycles. The number of alkyl halides is 3. The van der Waals surface area contributed by atoms with Gasteiger partial charge in [0.05, 0.1) is 16.5 Å². The molecule has 0 fully saturated rings. The van der Waals surface area contributed by atoms with Gasteiger partial charge in [0.2, 0.25) is 0 Å². The van der Waals surface area contributed by atoms with Crippen LogP contribution in [0.4, 0.5) is 13.2 Å². The van der Waals surface area contributed by atoms with Crippen molar-refractivity contribution in [2.75, 3.05) is 0 Å². The van der Waals surface area contributed by atoms with Gasteiger partial charge in [0.25, 0.3) is 5.56 Å². The van der Waals surface area contributed by atoms with Crippen LogP contribution in [0.3, 0.4) is 0 Å². The van der Waals surface area contributed by atoms with Crippen molar-refractivity contribution < 1.29 is 13.2 Å². The number of benzene rings is 1. The molecule has 0 radical (unpaired) electrons. The number of fused-ring (bicyclic) bond motifs is 1. The maximum Gasteiger partial charge on any atom is 0.416 e. The van der Waals surface area contributed by atoms with Crippen LogP contribution in [-0.2, 0) is 13.2 Å². The molecule has 0 spiro atoms. The third kappa shape index (κ3) is 1.51. The minimum atomic E-state index is -4.39. The lowest BCUT2D eigenvalue weighted by Crippen LogP contribution is -2.04. The maximum atomic E-state index is 12.4. The Morgan fingerprint density at radius 2 is 2.00 bits per heavy atom. The number of H-pyrrole nitrogens is 1. The Labute approximate surface area is 82.1 Å². The van der Waals surface area contributed by atoms with Gasteiger partial charge in [0, 0.05) is 7.05 Å². The highest BCUT2D eigenvalue weighted by atomic mass is 19.4. The van der Waals surface area contributed by atoms with Gasteiger partial charge in [-0.15, -0.1) is 0 Å². The van der Waals surface area contributed by atoms with E-state index in [2.05, 4.69) is 5.10 Å². The molecule has 0 aliphatic heterocycles. The van der Waals surface area contributed by atoms with E-state index >= 15 is 0 Å². The molecular weight excluding hydrogens is 209 g/mol. The van der Waals surface area contributed by atoms with E-state index in [1.807, 2.05) is 0 Å². The van der Waals surface area contributed by atoms with E-state index in [0.29, 0.717) is 0 Å². The average Bonchev–Trinajstić information content (AvgIpc) is 2.41. The largest absolute Gasteiger partial charge is 0.416 e. The number of halogens is 3. The molecule has 2 rings (SSSR count). The van der Waals surface area contributed by atoms with E-state index in [-0.39, 0.29) is 16.5 Å². The van der Waals surface area contributed by atoms with Gasteiger partial charge >= 0.3 is 6.18 Å². The summed E-state index contributed by atoms with van der Waals surface area (Å²) in [6.07, 6.45) is -4.39. The quantitative estimate of drug-likeness (QED) is 0.717. The number of nitrogens with one attached hydrogen (secondary N) is 1. The van der Waals surface area contributed by atoms with E-state index in [9.17, 15) is 18.0 Å². The minimum Gasteiger partial charge on any atom is -0.288 e. The van der Waals surface area contributed by atoms with Crippen LogP contribution < -0.4 is 5.56 Å². The smallest absolute Gasteiger partial charge is 0.288 e. The molecule has 0 saturated heterocycles. The molecule has 1 N–H and O–H groups in total. The van der Waals surface area contributed by atoms with Gasteiger partial charge in [-0.25, -0.2) is 0 Å². The summed E-state index contributed by atoms with van der Waals surface area (Å²) in [5.74, 6) is 0. The monoisotopic (exact) mass is 216 g/mol. The molecule has 3 nitrogen and oxygen atoms in total. The zero-order chi connectivity index (χ0) is 11.2. The topological polar surface area (TPSA) is 37.8 Å². The number of hydrogen-bond donors (Lipinski definition) is 1. The fourth-order valence-electron chi connectivity index (χ4n) is 1.45. The van der Waals surface area contributed by atoms with E-state index in [1.54, 1.807) is 0 Å². The maximum absolute atomic E-state index is 12.4. The van der Waals surface area contributed by atoms with Crippen molar-refractivity contribution in [3.63, 3.8) is 0 Å². The van der Waals surface area contributed by atoms with Crippen LogP contribution in [0.1, 0.15) is 5.56 Å². The first-order valence-electron chi connectivity index (χ1n) is 4.15. The highest BCUT2D eigenvalue weighted by molar-refractivity contribution is 5.79. The number of aromatic amines is 1. The van der Waals surface area contributed by atoms with Gasteiger partial charge in [-0.1, -0.05) is 0 Å². The van der Waals surface area contributed by atoms with Crippen molar-refractivity contribution in [3.8, 4) is 0 Å². The number of aromatic nitrogens is 2. The molecule has 0 amide bonds. The molecule has 2 aromatic rings. The molecule has 0 atom stereocenters. The Hall–Kier alpha value is -1.72. The summed E-state index contributed by atoms with van der Waals surface area (Å²) in [6.45, 7) is 0. The summed E-state index contributed by atoms with van der Waals surface area (Å²) in [4.78, 5) is 11.2. The zero-order valence-electron chi connectivity index (χ0n) is 7.72. The summed E-state index contributed by atoms with van der Waals surface area (Å²) >= 11 is 0. The van der Waals surface area contributed by atoms with E-state index in [4.69, 9.17) is 0 Å². The first kappa shape index (κ1) is 9.82. The van der Waals surface area contributed by atoms with Crippen LogP contribution in [0.15, 0.2) is 23.0 Å². The molecule has 6 heteroatoms. The highest BCUT2D eigenvalue weighted by Gasteiger charge is 2.30. The van der Waals surface area contributed by atoms with Gasteiger partial charge in [-0.3, -0.25) is 14.6 Å². The summed E-state index contributed by atoms with van der Waals surface area (Å²) in [6, 6.07) is 3.03. The third-order valence-electron chi connectivity index (χ3n) is 2.20. The Balaban J connectivity index is 2.76. The minimum absolute atomic E-state index is 0.245. The Morgan fingerprint density at radius 1 is 1.33 bits per heavy atom. The Bertz CT molecular complexity index is 565. The van der Waals surface area contributed by atoms with Crippen molar-refractivity contribution >= 4 is 10.9 Å². The lowest BCUT2D eigenvalue weighted by Gasteiger charge is -2.06. The van der Waals surface area contributed by atoms with Gasteiger partial charge in [0.1, 0.15) is 0 Å². The molecule has 0 bridgehead atoms. The zero-order valence-corrected chi connectivity index (χ0v) is 7.72. The number of hydrogen-bond acceptors (Lipinski definition) is 1. The van der Waals surface area contributed by atoms with Crippen molar-refractivity contribution in [2.24, 2.45) is 7.05 Å². The summed E-state index contributed by atoms with van der Waals surface area (Å²) in [7, 11) is 1.49. The highest BCUT2D eigenvalue weighted by Crippen LogP contribution is 2.30. The first-order valence-corrected chi connectivity index (χ1v) is 4.15. The lowest BCUT2D eigenvalue weighted by atomic mass is 10.1. The van der Waals surface area contributed by atoms with Gasteiger partial charge in [-0.05, 0) is 18.2 Å². The van der Waals surface area contributed by atoms with Gasteiger partial charge < -0.3 is 0 Å². The molecule has 80 valence electrons. The predicted octanol–water partition coefficient (Wildman–Crippen LogP) is 1.89. The summed E-state index contributed by atoms with van der Waals surface area (Å²) < 4.78 is 38.3. The molecule has 0 saturated carbocycles. The molecule has 1 heterocycles. The lowest BCUT2D eigenvalue weighted by molar-refractivity contribution is -0.137. The molecule has 0 unspecified atom stereocenters. The van der Waals surface area contributed by atoms with Crippen molar-refractivity contribution in [3.05, 3.63) is 34.1 Å². The fraction of sp³-hybridized carbons (Fsp3) is 0.222. The van der Waals surface area contributed by atoms with Crippen molar-refractivity contribution in [1.29, 1.82) is 0 Å². The second-order valence-corrected chi connectivity index (χ2v) is 3.23. The SMILES string of the molecule is Cn1[nH]c(=O)c2ccc(C(F)(F)F)cc21. The first-order chi connectivity index (χ1) is 6.89. The number of rotatable bonds is 0. The van der Waals surface area contributed by atoms with E-state index in [0.717, 1.165) is 12.1 Å². The van der Waals surface area contributed by atoms with Crippen molar-refractivity contribution in [2.45, 2.75) is 6.18 Å². The standard InChI is InChI=1S/C9H7F3N2O/c1-14-7-4-5(9(10,11)12)2-3-6(7)8(15)13-14/h2-4H,1H3,(H,13,15). The van der Waals surface area contributed by atoms with E-state index in [1.165, 1.54) is 17.8 Å². The molecular formula is C9H7F3N2O. The van der Waals surface area contributed by atoms with Crippen LogP contribution in [0.5, 0.6) is 0 Å². The summed E-state index contributed by atoms with van der Waals surface area (Å²) in [5, 5.41) is 2.64. The second-order valence-electron chi connectivity index (χ2n) is 3.23. The predicted molar refractivity (Wildman–Crippen MR) is 48.5 cm³/mol. The number of nitrogens with zero attached hydrogens (tertiary/aromatic N) is 1. The van der Waals surface area contributed by atoms with Crippen molar-refractivity contribution in [1.82, 2.24) is 9.78 Å². The van der Waals surface area contributed by atoms with Crippen LogP contribution in [-0.4, -0.2) is 9.78 Å². The molecule has 1 aromatic heterocycles. The fourth-order valence-corrected chi connectivity index (χ4v) is 1.45. The number of aryl methyl sites for hydroxylation is 1. The van der Waals surface area contributed by atoms with Crippen LogP contribution in [0, 0.1) is 0 Å². The van der Waals surface area contributed by atoms with Gasteiger partial charge in [0.15, 0.2) is 0 Å². The second kappa shape index (κ2) is 2.88. The average molecular weight is 216 g/mol. The van der Waals surface area contributed by atoms with E-state index < -0.39 is 11.7 Å². The Kier molecular flexibility index (Phi) is 1.89. The third-order valence-corrected chi connectivity index (χ3v) is 2.20. The normalized spacial score (nSPS) is 12.3. The van der Waals surface area contributed by atoms with Crippen LogP contribution in [0.2, 0.25) is 0 Å². The van der Waals surface area contributed by atoms with Gasteiger partial charge in [-0.2, -0.15) is 13.2 Å². The summed E-state index contributed by atoms with van der Waals surface area (Å²) in [5.41, 5.74) is -0.902. The molecule has 0 aliphatic rings. The van der Waals surface area contributed by atoms with Crippen LogP contribution in [0.25, 0.3) is 10.9 Å². The molecule has 0 aliphatic carbocycles. The Morgan fingerprint density at radius 3 is 2.60 bits per heavy atom. The van der Waals surface area contributed by atoms with Crippen LogP contribution >= 0.6 is 0 Å². The molecule has 15 heavy (non-hydrogen) atoms.